The fourth-order valence-corrected chi connectivity index (χ4v) is 1.98. The minimum Gasteiger partial charge on any atom is -0.478 e. The Morgan fingerprint density at radius 1 is 1.24 bits per heavy atom. The van der Waals surface area contributed by atoms with Crippen molar-refractivity contribution in [1.82, 2.24) is 0 Å². The number of ether oxygens (including phenoxy) is 1. The van der Waals surface area contributed by atoms with Crippen molar-refractivity contribution in [2.45, 2.75) is 0 Å². The Bertz CT molecular complexity index is 688. The molecule has 2 aromatic rings. The summed E-state index contributed by atoms with van der Waals surface area (Å²) in [5.74, 6) is -1.19. The molecule has 0 heterocycles. The molecule has 0 aromatic heterocycles. The lowest BCUT2D eigenvalue weighted by molar-refractivity contribution is -0.386. The second-order valence-corrected chi connectivity index (χ2v) is 5.33. The van der Waals surface area contributed by atoms with Crippen LogP contribution in [0.15, 0.2) is 42.5 Å². The lowest BCUT2D eigenvalue weighted by Gasteiger charge is -2.06. The van der Waals surface area contributed by atoms with Crippen molar-refractivity contribution < 1.29 is 18.8 Å². The molecule has 0 saturated heterocycles. The Balaban J connectivity index is 2.11. The van der Waals surface area contributed by atoms with E-state index in [-0.39, 0.29) is 18.1 Å². The lowest BCUT2D eigenvalue weighted by atomic mass is 10.1. The Morgan fingerprint density at radius 3 is 2.52 bits per heavy atom. The molecule has 0 N–H and O–H groups in total. The van der Waals surface area contributed by atoms with E-state index in [4.69, 9.17) is 4.74 Å². The summed E-state index contributed by atoms with van der Waals surface area (Å²) in [5, 5.41) is 10.8. The SMILES string of the molecule is O=C(COc1ccc(F)cc1[N+](=O)[O-])c1ccc(I)cc1. The molecule has 0 unspecified atom stereocenters. The van der Waals surface area contributed by atoms with E-state index in [1.165, 1.54) is 0 Å². The van der Waals surface area contributed by atoms with Crippen LogP contribution in [-0.4, -0.2) is 17.3 Å². The average molecular weight is 401 g/mol. The molecule has 0 aliphatic heterocycles. The van der Waals surface area contributed by atoms with Crippen molar-refractivity contribution in [2.24, 2.45) is 0 Å². The zero-order chi connectivity index (χ0) is 15.4. The summed E-state index contributed by atoms with van der Waals surface area (Å²) < 4.78 is 19.1. The molecular weight excluding hydrogens is 392 g/mol. The van der Waals surface area contributed by atoms with Gasteiger partial charge in [0.1, 0.15) is 5.82 Å². The number of nitro groups is 1. The van der Waals surface area contributed by atoms with Crippen LogP contribution in [-0.2, 0) is 0 Å². The highest BCUT2D eigenvalue weighted by molar-refractivity contribution is 14.1. The number of rotatable bonds is 5. The smallest absolute Gasteiger partial charge is 0.313 e. The van der Waals surface area contributed by atoms with Crippen LogP contribution in [0.5, 0.6) is 5.75 Å². The van der Waals surface area contributed by atoms with Crippen LogP contribution >= 0.6 is 22.6 Å². The topological polar surface area (TPSA) is 69.4 Å². The van der Waals surface area contributed by atoms with E-state index in [9.17, 15) is 19.3 Å². The molecule has 5 nitrogen and oxygen atoms in total. The molecule has 0 aliphatic rings. The van der Waals surface area contributed by atoms with Crippen molar-refractivity contribution in [1.29, 1.82) is 0 Å². The summed E-state index contributed by atoms with van der Waals surface area (Å²) in [5.41, 5.74) is -0.0643. The van der Waals surface area contributed by atoms with Gasteiger partial charge in [0.15, 0.2) is 18.1 Å². The summed E-state index contributed by atoms with van der Waals surface area (Å²) in [4.78, 5) is 21.9. The Hall–Kier alpha value is -2.03. The van der Waals surface area contributed by atoms with Crippen molar-refractivity contribution in [3.8, 4) is 5.75 Å². The summed E-state index contributed by atoms with van der Waals surface area (Å²) in [6, 6.07) is 9.76. The lowest BCUT2D eigenvalue weighted by Crippen LogP contribution is -2.12. The number of ketones is 1. The molecule has 0 aliphatic carbocycles. The normalized spacial score (nSPS) is 10.2. The van der Waals surface area contributed by atoms with E-state index in [0.29, 0.717) is 5.56 Å². The van der Waals surface area contributed by atoms with Crippen molar-refractivity contribution in [3.05, 3.63) is 67.5 Å². The minimum atomic E-state index is -0.756. The maximum absolute atomic E-state index is 13.0. The first-order valence-corrected chi connectivity index (χ1v) is 6.91. The van der Waals surface area contributed by atoms with Crippen LogP contribution in [0.1, 0.15) is 10.4 Å². The number of nitrogens with zero attached hydrogens (tertiary/aromatic N) is 1. The number of hydrogen-bond acceptors (Lipinski definition) is 4. The van der Waals surface area contributed by atoms with Gasteiger partial charge in [0.05, 0.1) is 11.0 Å². The monoisotopic (exact) mass is 401 g/mol. The van der Waals surface area contributed by atoms with Gasteiger partial charge in [-0.3, -0.25) is 14.9 Å². The zero-order valence-electron chi connectivity index (χ0n) is 10.6. The largest absolute Gasteiger partial charge is 0.478 e. The van der Waals surface area contributed by atoms with E-state index >= 15 is 0 Å². The third kappa shape index (κ3) is 3.97. The van der Waals surface area contributed by atoms with Gasteiger partial charge in [-0.05, 0) is 46.9 Å². The van der Waals surface area contributed by atoms with Crippen molar-refractivity contribution in [2.75, 3.05) is 6.61 Å². The first kappa shape index (κ1) is 15.4. The van der Waals surface area contributed by atoms with Crippen LogP contribution in [0.25, 0.3) is 0 Å². The molecule has 2 aromatic carbocycles. The molecule has 0 radical (unpaired) electrons. The number of Topliss-reactive ketones (excluding diaryl/α,β-unsaturated/α-hetero) is 1. The Kier molecular flexibility index (Phi) is 4.84. The predicted octanol–water partition coefficient (Wildman–Crippen LogP) is 3.60. The van der Waals surface area contributed by atoms with Crippen LogP contribution in [0, 0.1) is 19.5 Å². The minimum absolute atomic E-state index is 0.139. The molecule has 0 spiro atoms. The Morgan fingerprint density at radius 2 is 1.90 bits per heavy atom. The molecule has 7 heteroatoms. The van der Waals surface area contributed by atoms with E-state index < -0.39 is 16.4 Å². The maximum Gasteiger partial charge on any atom is 0.313 e. The number of hydrogen-bond donors (Lipinski definition) is 0. The van der Waals surface area contributed by atoms with Crippen LogP contribution < -0.4 is 4.74 Å². The quantitative estimate of drug-likeness (QED) is 0.332. The average Bonchev–Trinajstić information content (AvgIpc) is 2.46. The molecule has 0 amide bonds. The third-order valence-corrected chi connectivity index (χ3v) is 3.36. The highest BCUT2D eigenvalue weighted by Crippen LogP contribution is 2.27. The van der Waals surface area contributed by atoms with Gasteiger partial charge >= 0.3 is 5.69 Å². The highest BCUT2D eigenvalue weighted by atomic mass is 127. The molecular formula is C14H9FINO4. The zero-order valence-corrected chi connectivity index (χ0v) is 12.7. The molecule has 0 atom stereocenters. The number of carbonyl (C=O) groups is 1. The van der Waals surface area contributed by atoms with E-state index in [2.05, 4.69) is 22.6 Å². The second kappa shape index (κ2) is 6.61. The molecule has 21 heavy (non-hydrogen) atoms. The summed E-state index contributed by atoms with van der Waals surface area (Å²) in [6.07, 6.45) is 0. The number of benzene rings is 2. The molecule has 0 bridgehead atoms. The Labute approximate surface area is 133 Å². The first-order chi connectivity index (χ1) is 9.97. The standard InChI is InChI=1S/C14H9FINO4/c15-10-3-6-14(12(7-10)17(19)20)21-8-13(18)9-1-4-11(16)5-2-9/h1-7H,8H2. The first-order valence-electron chi connectivity index (χ1n) is 5.83. The van der Waals surface area contributed by atoms with Gasteiger partial charge in [0.2, 0.25) is 0 Å². The van der Waals surface area contributed by atoms with Crippen molar-refractivity contribution in [3.63, 3.8) is 0 Å². The van der Waals surface area contributed by atoms with Crippen LogP contribution in [0.2, 0.25) is 0 Å². The van der Waals surface area contributed by atoms with Crippen molar-refractivity contribution >= 4 is 34.1 Å². The van der Waals surface area contributed by atoms with Gasteiger partial charge in [-0.15, -0.1) is 0 Å². The van der Waals surface area contributed by atoms with E-state index in [1.54, 1.807) is 24.3 Å². The van der Waals surface area contributed by atoms with Crippen LogP contribution in [0.3, 0.4) is 0 Å². The summed E-state index contributed by atoms with van der Waals surface area (Å²) in [7, 11) is 0. The molecule has 0 saturated carbocycles. The summed E-state index contributed by atoms with van der Waals surface area (Å²) >= 11 is 2.11. The maximum atomic E-state index is 13.0. The number of nitro benzene ring substituents is 1. The summed E-state index contributed by atoms with van der Waals surface area (Å²) in [6.45, 7) is -0.354. The molecule has 0 fully saturated rings. The van der Waals surface area contributed by atoms with Gasteiger partial charge in [0.25, 0.3) is 0 Å². The predicted molar refractivity (Wildman–Crippen MR) is 82.0 cm³/mol. The van der Waals surface area contributed by atoms with Gasteiger partial charge in [-0.1, -0.05) is 12.1 Å². The fourth-order valence-electron chi connectivity index (χ4n) is 1.62. The van der Waals surface area contributed by atoms with Gasteiger partial charge in [-0.25, -0.2) is 4.39 Å². The van der Waals surface area contributed by atoms with Gasteiger partial charge < -0.3 is 4.74 Å². The fraction of sp³-hybridized carbons (Fsp3) is 0.0714. The van der Waals surface area contributed by atoms with Crippen LogP contribution in [0.4, 0.5) is 10.1 Å². The highest BCUT2D eigenvalue weighted by Gasteiger charge is 2.17. The number of halogens is 2. The van der Waals surface area contributed by atoms with Gasteiger partial charge in [0, 0.05) is 9.13 Å². The molecule has 108 valence electrons. The molecule has 2 rings (SSSR count). The number of carbonyl (C=O) groups excluding carboxylic acids is 1. The van der Waals surface area contributed by atoms with E-state index in [0.717, 1.165) is 21.8 Å². The van der Waals surface area contributed by atoms with E-state index in [1.807, 2.05) is 0 Å². The van der Waals surface area contributed by atoms with Gasteiger partial charge in [-0.2, -0.15) is 0 Å². The third-order valence-electron chi connectivity index (χ3n) is 2.64. The second-order valence-electron chi connectivity index (χ2n) is 4.09.